The van der Waals surface area contributed by atoms with Gasteiger partial charge in [0, 0.05) is 12.1 Å². The van der Waals surface area contributed by atoms with E-state index < -0.39 is 28.5 Å². The average Bonchev–Trinajstić information content (AvgIpc) is 3.15. The first-order valence-electron chi connectivity index (χ1n) is 11.0. The van der Waals surface area contributed by atoms with Crippen molar-refractivity contribution < 1.29 is 28.8 Å². The van der Waals surface area contributed by atoms with Crippen molar-refractivity contribution in [2.45, 2.75) is 6.61 Å². The van der Waals surface area contributed by atoms with E-state index in [1.165, 1.54) is 19.2 Å². The normalized spacial score (nSPS) is 14.1. The van der Waals surface area contributed by atoms with Crippen molar-refractivity contribution >= 4 is 46.3 Å². The van der Waals surface area contributed by atoms with Crippen LogP contribution in [0.1, 0.15) is 11.1 Å². The van der Waals surface area contributed by atoms with Crippen LogP contribution in [0.4, 0.5) is 16.2 Å². The molecule has 0 aliphatic carbocycles. The lowest BCUT2D eigenvalue weighted by Gasteiger charge is -2.14. The zero-order valence-electron chi connectivity index (χ0n) is 19.6. The van der Waals surface area contributed by atoms with Gasteiger partial charge < -0.3 is 14.8 Å². The van der Waals surface area contributed by atoms with E-state index in [4.69, 9.17) is 9.47 Å². The first-order chi connectivity index (χ1) is 17.8. The van der Waals surface area contributed by atoms with E-state index in [2.05, 4.69) is 5.32 Å². The number of rotatable bonds is 9. The van der Waals surface area contributed by atoms with Crippen molar-refractivity contribution in [1.82, 2.24) is 4.90 Å². The third-order valence-electron chi connectivity index (χ3n) is 5.26. The van der Waals surface area contributed by atoms with Crippen LogP contribution in [-0.4, -0.2) is 40.5 Å². The second-order valence-electron chi connectivity index (χ2n) is 7.80. The topological polar surface area (TPSA) is 128 Å². The van der Waals surface area contributed by atoms with Crippen molar-refractivity contribution in [2.75, 3.05) is 19.0 Å². The summed E-state index contributed by atoms with van der Waals surface area (Å²) in [6.45, 7) is -0.238. The van der Waals surface area contributed by atoms with Gasteiger partial charge in [-0.1, -0.05) is 24.3 Å². The lowest BCUT2D eigenvalue weighted by Crippen LogP contribution is -2.36. The Balaban J connectivity index is 1.39. The molecule has 1 N–H and O–H groups in total. The van der Waals surface area contributed by atoms with E-state index in [0.717, 1.165) is 22.2 Å². The highest BCUT2D eigenvalue weighted by Gasteiger charge is 2.36. The Hall–Kier alpha value is -4.64. The number of non-ortho nitro benzene ring substituents is 1. The summed E-state index contributed by atoms with van der Waals surface area (Å²) < 4.78 is 11.0. The third kappa shape index (κ3) is 6.33. The molecule has 1 aliphatic rings. The van der Waals surface area contributed by atoms with E-state index in [-0.39, 0.29) is 17.2 Å². The van der Waals surface area contributed by atoms with Crippen LogP contribution in [0.15, 0.2) is 77.7 Å². The highest BCUT2D eigenvalue weighted by atomic mass is 32.2. The molecule has 1 fully saturated rings. The predicted molar refractivity (Wildman–Crippen MR) is 138 cm³/mol. The number of hydrogen-bond acceptors (Lipinski definition) is 8. The molecule has 0 unspecified atom stereocenters. The number of imide groups is 1. The van der Waals surface area contributed by atoms with Crippen LogP contribution in [0.5, 0.6) is 11.5 Å². The van der Waals surface area contributed by atoms with Crippen molar-refractivity contribution in [3.05, 3.63) is 98.9 Å². The Morgan fingerprint density at radius 1 is 1.08 bits per heavy atom. The fourth-order valence-corrected chi connectivity index (χ4v) is 4.28. The van der Waals surface area contributed by atoms with Crippen molar-refractivity contribution in [1.29, 1.82) is 0 Å². The first kappa shape index (κ1) is 25.5. The number of hydrogen-bond donors (Lipinski definition) is 1. The minimum atomic E-state index is -0.567. The zero-order chi connectivity index (χ0) is 26.4. The van der Waals surface area contributed by atoms with Crippen LogP contribution < -0.4 is 14.8 Å². The molecule has 0 bridgehead atoms. The maximum absolute atomic E-state index is 12.8. The lowest BCUT2D eigenvalue weighted by molar-refractivity contribution is -0.384. The van der Waals surface area contributed by atoms with Crippen molar-refractivity contribution in [3.8, 4) is 11.5 Å². The summed E-state index contributed by atoms with van der Waals surface area (Å²) in [5.41, 5.74) is 1.81. The Morgan fingerprint density at radius 2 is 1.84 bits per heavy atom. The van der Waals surface area contributed by atoms with E-state index in [1.54, 1.807) is 66.7 Å². The van der Waals surface area contributed by atoms with E-state index >= 15 is 0 Å². The molecule has 3 aromatic carbocycles. The smallest absolute Gasteiger partial charge is 0.294 e. The van der Waals surface area contributed by atoms with Gasteiger partial charge in [-0.15, -0.1) is 0 Å². The monoisotopic (exact) mass is 519 g/mol. The zero-order valence-corrected chi connectivity index (χ0v) is 20.4. The largest absolute Gasteiger partial charge is 0.495 e. The average molecular weight is 520 g/mol. The summed E-state index contributed by atoms with van der Waals surface area (Å²) in [4.78, 5) is 49.1. The van der Waals surface area contributed by atoms with E-state index in [1.807, 2.05) is 0 Å². The Bertz CT molecular complexity index is 1390. The number of nitrogens with one attached hydrogen (secondary N) is 1. The molecule has 0 radical (unpaired) electrons. The first-order valence-corrected chi connectivity index (χ1v) is 11.8. The van der Waals surface area contributed by atoms with Crippen LogP contribution in [0, 0.1) is 10.1 Å². The van der Waals surface area contributed by atoms with Gasteiger partial charge in [0.1, 0.15) is 24.7 Å². The number of nitrogens with zero attached hydrogens (tertiary/aromatic N) is 2. The van der Waals surface area contributed by atoms with Crippen LogP contribution in [0.3, 0.4) is 0 Å². The van der Waals surface area contributed by atoms with Crippen LogP contribution in [0.25, 0.3) is 6.08 Å². The molecule has 37 heavy (non-hydrogen) atoms. The van der Waals surface area contributed by atoms with Crippen LogP contribution in [0.2, 0.25) is 0 Å². The van der Waals surface area contributed by atoms with Gasteiger partial charge in [-0.2, -0.15) is 0 Å². The molecular weight excluding hydrogens is 498 g/mol. The number of thioether (sulfide) groups is 1. The van der Waals surface area contributed by atoms with Gasteiger partial charge in [0.2, 0.25) is 5.91 Å². The maximum atomic E-state index is 12.8. The van der Waals surface area contributed by atoms with Crippen LogP contribution >= 0.6 is 11.8 Å². The predicted octanol–water partition coefficient (Wildman–Crippen LogP) is 4.86. The van der Waals surface area contributed by atoms with Crippen LogP contribution in [-0.2, 0) is 16.2 Å². The standard InChI is InChI=1S/C26H21N3O7S/c1-35-22-8-3-2-7-21(22)27-24(30)15-28-25(31)23(37-26(28)32)14-18-5-4-6-20(13-18)36-16-17-9-11-19(12-10-17)29(33)34/h2-14H,15-16H2,1H3,(H,27,30)/b23-14+. The van der Waals surface area contributed by atoms with Gasteiger partial charge in [-0.3, -0.25) is 29.4 Å². The van der Waals surface area contributed by atoms with E-state index in [9.17, 15) is 24.5 Å². The molecule has 10 nitrogen and oxygen atoms in total. The quantitative estimate of drug-likeness (QED) is 0.241. The molecular formula is C26H21N3O7S. The summed E-state index contributed by atoms with van der Waals surface area (Å²) in [6, 6.07) is 19.8. The highest BCUT2D eigenvalue weighted by Crippen LogP contribution is 2.33. The molecule has 3 amide bonds. The van der Waals surface area contributed by atoms with Crippen molar-refractivity contribution in [2.24, 2.45) is 0 Å². The van der Waals surface area contributed by atoms with Gasteiger partial charge in [0.15, 0.2) is 0 Å². The fraction of sp³-hybridized carbons (Fsp3) is 0.115. The molecule has 0 saturated carbocycles. The number of anilines is 1. The number of methoxy groups -OCH3 is 1. The molecule has 0 spiro atoms. The van der Waals surface area contributed by atoms with Gasteiger partial charge >= 0.3 is 0 Å². The fourth-order valence-electron chi connectivity index (χ4n) is 3.44. The summed E-state index contributed by atoms with van der Waals surface area (Å²) in [5.74, 6) is -0.125. The third-order valence-corrected chi connectivity index (χ3v) is 6.17. The molecule has 4 rings (SSSR count). The summed E-state index contributed by atoms with van der Waals surface area (Å²) in [6.07, 6.45) is 1.56. The number of nitro benzene ring substituents is 1. The lowest BCUT2D eigenvalue weighted by atomic mass is 10.2. The number of benzene rings is 3. The Kier molecular flexibility index (Phi) is 7.84. The summed E-state index contributed by atoms with van der Waals surface area (Å²) >= 11 is 0.750. The van der Waals surface area contributed by atoms with Gasteiger partial charge in [0.25, 0.3) is 16.8 Å². The van der Waals surface area contributed by atoms with Gasteiger partial charge in [0.05, 0.1) is 22.6 Å². The SMILES string of the molecule is COc1ccccc1NC(=O)CN1C(=O)S/C(=C/c2cccc(OCc3ccc([N+](=O)[O-])cc3)c2)C1=O. The minimum absolute atomic E-state index is 0.00281. The van der Waals surface area contributed by atoms with E-state index in [0.29, 0.717) is 22.7 Å². The number of ether oxygens (including phenoxy) is 2. The molecule has 1 heterocycles. The Morgan fingerprint density at radius 3 is 2.57 bits per heavy atom. The number of amides is 3. The molecule has 1 saturated heterocycles. The highest BCUT2D eigenvalue weighted by molar-refractivity contribution is 8.18. The molecule has 3 aromatic rings. The molecule has 1 aliphatic heterocycles. The number of para-hydroxylation sites is 2. The second kappa shape index (κ2) is 11.4. The molecule has 188 valence electrons. The summed E-state index contributed by atoms with van der Waals surface area (Å²) in [5, 5.41) is 12.9. The molecule has 0 atom stereocenters. The number of carbonyl (C=O) groups is 3. The number of nitro groups is 1. The minimum Gasteiger partial charge on any atom is -0.495 e. The molecule has 11 heteroatoms. The van der Waals surface area contributed by atoms with Gasteiger partial charge in [-0.25, -0.2) is 0 Å². The number of carbonyl (C=O) groups excluding carboxylic acids is 3. The Labute approximate surface area is 216 Å². The van der Waals surface area contributed by atoms with Gasteiger partial charge in [-0.05, 0) is 65.4 Å². The maximum Gasteiger partial charge on any atom is 0.294 e. The molecule has 0 aromatic heterocycles. The summed E-state index contributed by atoms with van der Waals surface area (Å²) in [7, 11) is 1.47. The second-order valence-corrected chi connectivity index (χ2v) is 8.79. The van der Waals surface area contributed by atoms with Crippen molar-refractivity contribution in [3.63, 3.8) is 0 Å².